The van der Waals surface area contributed by atoms with Crippen molar-refractivity contribution < 1.29 is 13.3 Å². The van der Waals surface area contributed by atoms with Crippen molar-refractivity contribution >= 4 is 20.4 Å². The number of nitrogens with two attached hydrogens (primary N) is 2. The normalized spacial score (nSPS) is 11.0. The summed E-state index contributed by atoms with van der Waals surface area (Å²) in [5.41, 5.74) is 9.81. The van der Waals surface area contributed by atoms with Crippen molar-refractivity contribution in [1.29, 1.82) is 0 Å². The van der Waals surface area contributed by atoms with Crippen LogP contribution in [0.3, 0.4) is 0 Å². The van der Waals surface area contributed by atoms with Gasteiger partial charge in [0.15, 0.2) is 0 Å². The number of halogens is 1. The highest BCUT2D eigenvalue weighted by Gasteiger charge is 2.39. The topological polar surface area (TPSA) is 79.7 Å². The molecule has 0 aliphatic rings. The Kier molecular flexibility index (Phi) is 17.6. The molecule has 0 aliphatic carbocycles. The number of hydrogen-bond donors (Lipinski definition) is 2. The Bertz CT molecular complexity index is 148. The zero-order chi connectivity index (χ0) is 14.3. The Morgan fingerprint density at radius 3 is 1.50 bits per heavy atom. The molecule has 0 aliphatic heterocycles. The van der Waals surface area contributed by atoms with E-state index in [1.54, 1.807) is 0 Å². The zero-order valence-electron chi connectivity index (χ0n) is 11.9. The first-order valence-electron chi connectivity index (χ1n) is 6.54. The van der Waals surface area contributed by atoms with Gasteiger partial charge in [-0.3, -0.25) is 0 Å². The summed E-state index contributed by atoms with van der Waals surface area (Å²) in [6.45, 7) is 8.97. The molecule has 0 unspecified atom stereocenters. The Hall–Kier alpha value is 0.307. The quantitative estimate of drug-likeness (QED) is 0.473. The van der Waals surface area contributed by atoms with E-state index in [2.05, 4.69) is 0 Å². The van der Waals surface area contributed by atoms with Crippen LogP contribution in [-0.4, -0.2) is 47.6 Å². The molecular weight excluding hydrogens is 272 g/mol. The van der Waals surface area contributed by atoms with Gasteiger partial charge in [-0.1, -0.05) is 0 Å². The van der Waals surface area contributed by atoms with Crippen LogP contribution < -0.4 is 11.5 Å². The Morgan fingerprint density at radius 2 is 1.28 bits per heavy atom. The molecule has 0 radical (unpaired) electrons. The maximum atomic E-state index is 5.66. The SMILES string of the molecule is CCO[Si](CCCCl)(OCC)OCC.NCCN. The van der Waals surface area contributed by atoms with E-state index < -0.39 is 8.80 Å². The maximum Gasteiger partial charge on any atom is 0.500 e. The average Bonchev–Trinajstić information content (AvgIpc) is 2.38. The van der Waals surface area contributed by atoms with E-state index in [0.717, 1.165) is 12.5 Å². The lowest BCUT2D eigenvalue weighted by molar-refractivity contribution is 0.0712. The summed E-state index contributed by atoms with van der Waals surface area (Å²) in [4.78, 5) is 0. The molecule has 4 N–H and O–H groups in total. The molecule has 0 aromatic rings. The Balaban J connectivity index is 0. The highest BCUT2D eigenvalue weighted by Crippen LogP contribution is 2.18. The molecule has 0 aromatic heterocycles. The molecule has 0 rings (SSSR count). The van der Waals surface area contributed by atoms with Crippen LogP contribution in [0.5, 0.6) is 0 Å². The molecule has 7 heteroatoms. The number of rotatable bonds is 10. The maximum absolute atomic E-state index is 5.66. The van der Waals surface area contributed by atoms with Crippen LogP contribution in [0.25, 0.3) is 0 Å². The van der Waals surface area contributed by atoms with E-state index >= 15 is 0 Å². The summed E-state index contributed by atoms with van der Waals surface area (Å²) in [6.07, 6.45) is 0.883. The Morgan fingerprint density at radius 1 is 0.889 bits per heavy atom. The van der Waals surface area contributed by atoms with Gasteiger partial charge in [-0.2, -0.15) is 0 Å². The van der Waals surface area contributed by atoms with E-state index in [-0.39, 0.29) is 0 Å². The van der Waals surface area contributed by atoms with Gasteiger partial charge in [0, 0.05) is 44.8 Å². The molecule has 0 spiro atoms. The van der Waals surface area contributed by atoms with E-state index in [1.165, 1.54) is 0 Å². The molecular formula is C11H29ClN2O3Si. The predicted octanol–water partition coefficient (Wildman–Crippen LogP) is 1.57. The molecule has 0 fully saturated rings. The fourth-order valence-electron chi connectivity index (χ4n) is 1.28. The largest absolute Gasteiger partial charge is 0.500 e. The molecule has 18 heavy (non-hydrogen) atoms. The van der Waals surface area contributed by atoms with Crippen molar-refractivity contribution in [3.05, 3.63) is 0 Å². The molecule has 0 aromatic carbocycles. The van der Waals surface area contributed by atoms with Crippen LogP contribution >= 0.6 is 11.6 Å². The molecule has 0 amide bonds. The standard InChI is InChI=1S/C9H21ClO3Si.C2H8N2/c1-4-11-14(12-5-2,13-6-3)9-7-8-10;3-1-2-4/h4-9H2,1-3H3;1-4H2. The second kappa shape index (κ2) is 15.4. The van der Waals surface area contributed by atoms with E-state index in [1.807, 2.05) is 20.8 Å². The fraction of sp³-hybridized carbons (Fsp3) is 1.00. The summed E-state index contributed by atoms with van der Waals surface area (Å²) < 4.78 is 16.9. The van der Waals surface area contributed by atoms with Gasteiger partial charge < -0.3 is 24.7 Å². The van der Waals surface area contributed by atoms with Gasteiger partial charge in [-0.15, -0.1) is 11.6 Å². The fourth-order valence-corrected chi connectivity index (χ4v) is 4.25. The summed E-state index contributed by atoms with van der Waals surface area (Å²) in [5.74, 6) is 0.627. The van der Waals surface area contributed by atoms with Gasteiger partial charge in [0.25, 0.3) is 0 Å². The number of alkyl halides is 1. The minimum Gasteiger partial charge on any atom is -0.374 e. The van der Waals surface area contributed by atoms with E-state index in [0.29, 0.717) is 38.8 Å². The molecule has 5 nitrogen and oxygen atoms in total. The van der Waals surface area contributed by atoms with Crippen molar-refractivity contribution in [3.8, 4) is 0 Å². The van der Waals surface area contributed by atoms with E-state index in [4.69, 9.17) is 36.3 Å². The summed E-state index contributed by atoms with van der Waals surface area (Å²) in [5, 5.41) is 0. The lowest BCUT2D eigenvalue weighted by Gasteiger charge is -2.28. The summed E-state index contributed by atoms with van der Waals surface area (Å²) in [7, 11) is -2.40. The minimum atomic E-state index is -2.40. The highest BCUT2D eigenvalue weighted by atomic mass is 35.5. The molecule has 0 saturated heterocycles. The summed E-state index contributed by atoms with van der Waals surface area (Å²) >= 11 is 5.66. The smallest absolute Gasteiger partial charge is 0.374 e. The second-order valence-corrected chi connectivity index (χ2v) is 6.46. The zero-order valence-corrected chi connectivity index (χ0v) is 13.7. The van der Waals surface area contributed by atoms with Crippen molar-refractivity contribution in [1.82, 2.24) is 0 Å². The highest BCUT2D eigenvalue weighted by molar-refractivity contribution is 6.60. The van der Waals surface area contributed by atoms with Gasteiger partial charge in [-0.25, -0.2) is 0 Å². The first kappa shape index (κ1) is 20.6. The van der Waals surface area contributed by atoms with Crippen LogP contribution in [0.4, 0.5) is 0 Å². The first-order chi connectivity index (χ1) is 8.66. The molecule has 0 heterocycles. The monoisotopic (exact) mass is 300 g/mol. The van der Waals surface area contributed by atoms with Crippen LogP contribution in [-0.2, 0) is 13.3 Å². The van der Waals surface area contributed by atoms with Gasteiger partial charge in [0.2, 0.25) is 0 Å². The Labute approximate surface area is 117 Å². The number of hydrogen-bond acceptors (Lipinski definition) is 5. The van der Waals surface area contributed by atoms with Crippen LogP contribution in [0, 0.1) is 0 Å². The first-order valence-corrected chi connectivity index (χ1v) is 9.00. The molecule has 0 atom stereocenters. The molecule has 0 saturated carbocycles. The van der Waals surface area contributed by atoms with Crippen molar-refractivity contribution in [3.63, 3.8) is 0 Å². The minimum absolute atomic E-state index is 0.597. The van der Waals surface area contributed by atoms with E-state index in [9.17, 15) is 0 Å². The van der Waals surface area contributed by atoms with Gasteiger partial charge in [0.1, 0.15) is 0 Å². The second-order valence-electron chi connectivity index (χ2n) is 3.35. The van der Waals surface area contributed by atoms with Crippen molar-refractivity contribution in [2.75, 3.05) is 38.8 Å². The van der Waals surface area contributed by atoms with Gasteiger partial charge in [-0.05, 0) is 27.2 Å². The molecule has 0 bridgehead atoms. The van der Waals surface area contributed by atoms with Crippen LogP contribution in [0.1, 0.15) is 27.2 Å². The third-order valence-corrected chi connectivity index (χ3v) is 5.29. The average molecular weight is 301 g/mol. The third kappa shape index (κ3) is 11.4. The molecule has 112 valence electrons. The van der Waals surface area contributed by atoms with Gasteiger partial charge >= 0.3 is 8.80 Å². The summed E-state index contributed by atoms with van der Waals surface area (Å²) in [6, 6.07) is 0.812. The van der Waals surface area contributed by atoms with Gasteiger partial charge in [0.05, 0.1) is 0 Å². The lowest BCUT2D eigenvalue weighted by Crippen LogP contribution is -2.46. The van der Waals surface area contributed by atoms with Crippen molar-refractivity contribution in [2.24, 2.45) is 11.5 Å². The van der Waals surface area contributed by atoms with Crippen LogP contribution in [0.2, 0.25) is 6.04 Å². The third-order valence-electron chi connectivity index (χ3n) is 1.88. The predicted molar refractivity (Wildman–Crippen MR) is 78.9 cm³/mol. The van der Waals surface area contributed by atoms with Crippen LogP contribution in [0.15, 0.2) is 0 Å². The lowest BCUT2D eigenvalue weighted by atomic mass is 10.6. The van der Waals surface area contributed by atoms with Crippen molar-refractivity contribution in [2.45, 2.75) is 33.2 Å².